The van der Waals surface area contributed by atoms with E-state index >= 15 is 0 Å². The lowest BCUT2D eigenvalue weighted by molar-refractivity contribution is 0.212. The summed E-state index contributed by atoms with van der Waals surface area (Å²) < 4.78 is 0. The molecule has 2 aliphatic rings. The summed E-state index contributed by atoms with van der Waals surface area (Å²) in [5.74, 6) is 1.74. The van der Waals surface area contributed by atoms with E-state index in [1.807, 2.05) is 11.3 Å². The Bertz CT molecular complexity index is 399. The molecule has 1 unspecified atom stereocenters. The summed E-state index contributed by atoms with van der Waals surface area (Å²) in [4.78, 5) is 1.56. The maximum absolute atomic E-state index is 3.98. The molecule has 0 amide bonds. The lowest BCUT2D eigenvalue weighted by atomic mass is 9.78. The molecule has 0 aliphatic heterocycles. The van der Waals surface area contributed by atoms with Crippen LogP contribution in [0.3, 0.4) is 0 Å². The van der Waals surface area contributed by atoms with Crippen molar-refractivity contribution < 1.29 is 0 Å². The SMILES string of the molecule is CC(C)CC1(CNC(c2cccs2)C2CC2)CCCC1. The van der Waals surface area contributed by atoms with Gasteiger partial charge in [-0.15, -0.1) is 11.3 Å². The molecule has 1 N–H and O–H groups in total. The molecule has 0 saturated heterocycles. The highest BCUT2D eigenvalue weighted by Crippen LogP contribution is 2.46. The normalized spacial score (nSPS) is 23.4. The second-order valence-corrected chi connectivity index (χ2v) is 8.50. The smallest absolute Gasteiger partial charge is 0.0443 e. The minimum atomic E-state index is 0.596. The molecule has 0 radical (unpaired) electrons. The highest BCUT2D eigenvalue weighted by Gasteiger charge is 2.38. The fourth-order valence-electron chi connectivity index (χ4n) is 4.17. The van der Waals surface area contributed by atoms with Crippen LogP contribution in [0, 0.1) is 17.3 Å². The molecule has 2 heteroatoms. The third-order valence-corrected chi connectivity index (χ3v) is 6.10. The average Bonchev–Trinajstić information content (AvgIpc) is 2.89. The molecule has 1 nitrogen and oxygen atoms in total. The highest BCUT2D eigenvalue weighted by atomic mass is 32.1. The molecule has 2 aliphatic carbocycles. The van der Waals surface area contributed by atoms with E-state index in [4.69, 9.17) is 0 Å². The number of nitrogens with one attached hydrogen (secondary N) is 1. The van der Waals surface area contributed by atoms with Crippen LogP contribution < -0.4 is 5.32 Å². The molecule has 3 rings (SSSR count). The Labute approximate surface area is 128 Å². The first kappa shape index (κ1) is 14.6. The molecule has 2 saturated carbocycles. The van der Waals surface area contributed by atoms with E-state index in [-0.39, 0.29) is 0 Å². The molecule has 1 atom stereocenters. The summed E-state index contributed by atoms with van der Waals surface area (Å²) in [5.41, 5.74) is 0.596. The molecule has 1 aromatic heterocycles. The standard InChI is InChI=1S/C18H29NS/c1-14(2)12-18(9-3-4-10-18)13-19-17(15-7-8-15)16-6-5-11-20-16/h5-6,11,14-15,17,19H,3-4,7-10,12-13H2,1-2H3. The van der Waals surface area contributed by atoms with Crippen molar-refractivity contribution >= 4 is 11.3 Å². The summed E-state index contributed by atoms with van der Waals surface area (Å²) in [6.45, 7) is 6.01. The van der Waals surface area contributed by atoms with Crippen LogP contribution in [0.5, 0.6) is 0 Å². The lowest BCUT2D eigenvalue weighted by Gasteiger charge is -2.33. The van der Waals surface area contributed by atoms with Gasteiger partial charge in [0.2, 0.25) is 0 Å². The summed E-state index contributed by atoms with van der Waals surface area (Å²) in [6.07, 6.45) is 10.0. The maximum Gasteiger partial charge on any atom is 0.0443 e. The molecule has 1 heterocycles. The molecule has 20 heavy (non-hydrogen) atoms. The van der Waals surface area contributed by atoms with Crippen molar-refractivity contribution in [2.24, 2.45) is 17.3 Å². The maximum atomic E-state index is 3.98. The van der Waals surface area contributed by atoms with Gasteiger partial charge in [-0.3, -0.25) is 0 Å². The highest BCUT2D eigenvalue weighted by molar-refractivity contribution is 7.10. The van der Waals surface area contributed by atoms with E-state index in [0.29, 0.717) is 11.5 Å². The molecule has 1 aromatic rings. The van der Waals surface area contributed by atoms with Gasteiger partial charge >= 0.3 is 0 Å². The van der Waals surface area contributed by atoms with E-state index in [2.05, 4.69) is 36.7 Å². The number of thiophene rings is 1. The van der Waals surface area contributed by atoms with Crippen molar-refractivity contribution in [3.05, 3.63) is 22.4 Å². The minimum Gasteiger partial charge on any atom is -0.308 e. The van der Waals surface area contributed by atoms with Crippen molar-refractivity contribution in [3.8, 4) is 0 Å². The summed E-state index contributed by atoms with van der Waals surface area (Å²) in [6, 6.07) is 5.17. The first-order valence-corrected chi connectivity index (χ1v) is 9.33. The Balaban J connectivity index is 1.63. The van der Waals surface area contributed by atoms with Crippen molar-refractivity contribution in [1.29, 1.82) is 0 Å². The number of hydrogen-bond donors (Lipinski definition) is 1. The van der Waals surface area contributed by atoms with Gasteiger partial charge in [-0.25, -0.2) is 0 Å². The predicted octanol–water partition coefficient (Wildman–Crippen LogP) is 5.40. The van der Waals surface area contributed by atoms with Crippen LogP contribution in [-0.4, -0.2) is 6.54 Å². The Kier molecular flexibility index (Phi) is 4.52. The lowest BCUT2D eigenvalue weighted by Crippen LogP contribution is -2.36. The van der Waals surface area contributed by atoms with Crippen LogP contribution in [0.1, 0.15) is 69.7 Å². The second kappa shape index (κ2) is 6.19. The zero-order chi connectivity index (χ0) is 14.0. The first-order chi connectivity index (χ1) is 9.69. The van der Waals surface area contributed by atoms with Crippen LogP contribution >= 0.6 is 11.3 Å². The van der Waals surface area contributed by atoms with Crippen molar-refractivity contribution in [1.82, 2.24) is 5.32 Å². The molecular weight excluding hydrogens is 262 g/mol. The largest absolute Gasteiger partial charge is 0.308 e. The van der Waals surface area contributed by atoms with Crippen molar-refractivity contribution in [2.75, 3.05) is 6.54 Å². The topological polar surface area (TPSA) is 12.0 Å². The van der Waals surface area contributed by atoms with Gasteiger partial charge in [0.15, 0.2) is 0 Å². The summed E-state index contributed by atoms with van der Waals surface area (Å²) in [7, 11) is 0. The predicted molar refractivity (Wildman–Crippen MR) is 88.1 cm³/mol. The van der Waals surface area contributed by atoms with Gasteiger partial charge in [-0.1, -0.05) is 32.8 Å². The molecular formula is C18H29NS. The number of rotatable bonds is 7. The Morgan fingerprint density at radius 3 is 2.60 bits per heavy atom. The Hall–Kier alpha value is -0.340. The zero-order valence-corrected chi connectivity index (χ0v) is 13.8. The summed E-state index contributed by atoms with van der Waals surface area (Å²) >= 11 is 1.93. The molecule has 2 fully saturated rings. The first-order valence-electron chi connectivity index (χ1n) is 8.45. The number of hydrogen-bond acceptors (Lipinski definition) is 2. The van der Waals surface area contributed by atoms with Gasteiger partial charge in [0.05, 0.1) is 0 Å². The van der Waals surface area contributed by atoms with Crippen molar-refractivity contribution in [3.63, 3.8) is 0 Å². The molecule has 0 spiro atoms. The van der Waals surface area contributed by atoms with Gasteiger partial charge in [0, 0.05) is 17.5 Å². The van der Waals surface area contributed by atoms with Gasteiger partial charge in [-0.2, -0.15) is 0 Å². The van der Waals surface area contributed by atoms with Crippen LogP contribution in [0.15, 0.2) is 17.5 Å². The van der Waals surface area contributed by atoms with Gasteiger partial charge < -0.3 is 5.32 Å². The fraction of sp³-hybridized carbons (Fsp3) is 0.778. The third-order valence-electron chi connectivity index (χ3n) is 5.15. The van der Waals surface area contributed by atoms with Gasteiger partial charge in [0.25, 0.3) is 0 Å². The van der Waals surface area contributed by atoms with Crippen LogP contribution in [0.2, 0.25) is 0 Å². The van der Waals surface area contributed by atoms with Gasteiger partial charge in [-0.05, 0) is 60.8 Å². The molecule has 112 valence electrons. The van der Waals surface area contributed by atoms with E-state index in [1.54, 1.807) is 4.88 Å². The van der Waals surface area contributed by atoms with E-state index in [0.717, 1.165) is 11.8 Å². The quantitative estimate of drug-likeness (QED) is 0.709. The fourth-order valence-corrected chi connectivity index (χ4v) is 5.06. The molecule has 0 bridgehead atoms. The third kappa shape index (κ3) is 3.46. The van der Waals surface area contributed by atoms with E-state index in [9.17, 15) is 0 Å². The van der Waals surface area contributed by atoms with Gasteiger partial charge in [0.1, 0.15) is 0 Å². The van der Waals surface area contributed by atoms with Crippen LogP contribution in [0.4, 0.5) is 0 Å². The molecule has 0 aromatic carbocycles. The monoisotopic (exact) mass is 291 g/mol. The Morgan fingerprint density at radius 1 is 1.30 bits per heavy atom. The van der Waals surface area contributed by atoms with E-state index < -0.39 is 0 Å². The second-order valence-electron chi connectivity index (χ2n) is 7.52. The van der Waals surface area contributed by atoms with Crippen LogP contribution in [-0.2, 0) is 0 Å². The zero-order valence-electron chi connectivity index (χ0n) is 13.0. The minimum absolute atomic E-state index is 0.596. The van der Waals surface area contributed by atoms with E-state index in [1.165, 1.54) is 51.5 Å². The van der Waals surface area contributed by atoms with Crippen LogP contribution in [0.25, 0.3) is 0 Å². The average molecular weight is 292 g/mol. The van der Waals surface area contributed by atoms with Crippen molar-refractivity contribution in [2.45, 2.75) is 64.8 Å². The summed E-state index contributed by atoms with van der Waals surface area (Å²) in [5, 5.41) is 6.21. The Morgan fingerprint density at radius 2 is 2.05 bits per heavy atom.